The molecule has 2 aliphatic rings. The molecule has 2 fully saturated rings. The number of piperidine rings is 1. The number of hydrogen-bond donors (Lipinski definition) is 0. The maximum atomic E-state index is 10.9. The first-order chi connectivity index (χ1) is 7.40. The van der Waals surface area contributed by atoms with Crippen molar-refractivity contribution in [3.63, 3.8) is 0 Å². The van der Waals surface area contributed by atoms with E-state index in [1.54, 1.807) is 0 Å². The van der Waals surface area contributed by atoms with Gasteiger partial charge in [0.05, 0.1) is 12.1 Å². The van der Waals surface area contributed by atoms with Gasteiger partial charge >= 0.3 is 0 Å². The first kappa shape index (κ1) is 11.1. The molecule has 2 unspecified atom stereocenters. The molecule has 0 amide bonds. The third kappa shape index (κ3) is 3.02. The van der Waals surface area contributed by atoms with Gasteiger partial charge in [-0.1, -0.05) is 6.42 Å². The molecule has 0 spiro atoms. The van der Waals surface area contributed by atoms with Gasteiger partial charge in [-0.25, -0.2) is 0 Å². The molecule has 2 rings (SSSR count). The van der Waals surface area contributed by atoms with Crippen LogP contribution in [0.25, 0.3) is 0 Å². The number of carbonyl (C=O) groups is 1. The van der Waals surface area contributed by atoms with E-state index >= 15 is 0 Å². The SMILES string of the molecule is O=CC1CCCCN1CC1CCCCO1. The van der Waals surface area contributed by atoms with Crippen LogP contribution in [0, 0.1) is 0 Å². The standard InChI is InChI=1S/C12H21NO2/c14-10-11-5-1-3-7-13(11)9-12-6-2-4-8-15-12/h10-12H,1-9H2. The van der Waals surface area contributed by atoms with Crippen LogP contribution in [0.5, 0.6) is 0 Å². The largest absolute Gasteiger partial charge is 0.377 e. The maximum absolute atomic E-state index is 10.9. The van der Waals surface area contributed by atoms with Gasteiger partial charge in [0.25, 0.3) is 0 Å². The van der Waals surface area contributed by atoms with Crippen LogP contribution in [0.1, 0.15) is 38.5 Å². The van der Waals surface area contributed by atoms with Gasteiger partial charge in [0.15, 0.2) is 0 Å². The van der Waals surface area contributed by atoms with E-state index in [1.807, 2.05) is 0 Å². The molecule has 3 heteroatoms. The number of rotatable bonds is 3. The molecule has 2 saturated heterocycles. The lowest BCUT2D eigenvalue weighted by atomic mass is 10.0. The monoisotopic (exact) mass is 211 g/mol. The summed E-state index contributed by atoms with van der Waals surface area (Å²) in [6.45, 7) is 2.94. The lowest BCUT2D eigenvalue weighted by molar-refractivity contribution is -0.114. The van der Waals surface area contributed by atoms with Gasteiger partial charge in [0.2, 0.25) is 0 Å². The first-order valence-electron chi connectivity index (χ1n) is 6.21. The number of aldehydes is 1. The summed E-state index contributed by atoms with van der Waals surface area (Å²) < 4.78 is 5.72. The second-order valence-electron chi connectivity index (χ2n) is 4.68. The fourth-order valence-electron chi connectivity index (χ4n) is 2.61. The molecule has 0 bridgehead atoms. The van der Waals surface area contributed by atoms with E-state index in [2.05, 4.69) is 4.90 Å². The van der Waals surface area contributed by atoms with Crippen molar-refractivity contribution in [1.29, 1.82) is 0 Å². The van der Waals surface area contributed by atoms with Crippen LogP contribution in [0.2, 0.25) is 0 Å². The van der Waals surface area contributed by atoms with Crippen LogP contribution in [0.15, 0.2) is 0 Å². The molecule has 0 N–H and O–H groups in total. The molecule has 15 heavy (non-hydrogen) atoms. The number of nitrogens with zero attached hydrogens (tertiary/aromatic N) is 1. The number of hydrogen-bond acceptors (Lipinski definition) is 3. The highest BCUT2D eigenvalue weighted by atomic mass is 16.5. The zero-order valence-corrected chi connectivity index (χ0v) is 9.36. The predicted octanol–water partition coefficient (Wildman–Crippen LogP) is 1.61. The average Bonchev–Trinajstić information content (AvgIpc) is 2.31. The second-order valence-corrected chi connectivity index (χ2v) is 4.68. The van der Waals surface area contributed by atoms with Crippen molar-refractivity contribution in [3.8, 4) is 0 Å². The number of likely N-dealkylation sites (tertiary alicyclic amines) is 1. The van der Waals surface area contributed by atoms with E-state index in [1.165, 1.54) is 32.1 Å². The van der Waals surface area contributed by atoms with Gasteiger partial charge in [-0.3, -0.25) is 4.90 Å². The molecule has 2 heterocycles. The van der Waals surface area contributed by atoms with E-state index in [0.717, 1.165) is 32.4 Å². The van der Waals surface area contributed by atoms with Gasteiger partial charge in [0.1, 0.15) is 6.29 Å². The minimum Gasteiger partial charge on any atom is -0.377 e. The van der Waals surface area contributed by atoms with E-state index < -0.39 is 0 Å². The van der Waals surface area contributed by atoms with Gasteiger partial charge in [-0.05, 0) is 38.6 Å². The molecule has 86 valence electrons. The van der Waals surface area contributed by atoms with Crippen molar-refractivity contribution in [2.75, 3.05) is 19.7 Å². The summed E-state index contributed by atoms with van der Waals surface area (Å²) in [5, 5.41) is 0. The Morgan fingerprint density at radius 1 is 1.20 bits per heavy atom. The predicted molar refractivity (Wildman–Crippen MR) is 58.9 cm³/mol. The quantitative estimate of drug-likeness (QED) is 0.664. The van der Waals surface area contributed by atoms with Crippen molar-refractivity contribution >= 4 is 6.29 Å². The van der Waals surface area contributed by atoms with Crippen molar-refractivity contribution < 1.29 is 9.53 Å². The van der Waals surface area contributed by atoms with Crippen LogP contribution in [0.4, 0.5) is 0 Å². The third-order valence-electron chi connectivity index (χ3n) is 3.53. The van der Waals surface area contributed by atoms with Crippen LogP contribution < -0.4 is 0 Å². The molecule has 3 nitrogen and oxygen atoms in total. The summed E-state index contributed by atoms with van der Waals surface area (Å²) in [6, 6.07) is 0.157. The molecule has 0 saturated carbocycles. The maximum Gasteiger partial charge on any atom is 0.137 e. The topological polar surface area (TPSA) is 29.5 Å². The molecule has 0 radical (unpaired) electrons. The second kappa shape index (κ2) is 5.61. The summed E-state index contributed by atoms with van der Waals surface area (Å²) in [5.41, 5.74) is 0. The summed E-state index contributed by atoms with van der Waals surface area (Å²) in [4.78, 5) is 13.2. The van der Waals surface area contributed by atoms with Gasteiger partial charge in [0, 0.05) is 13.2 Å². The van der Waals surface area contributed by atoms with Crippen LogP contribution in [-0.2, 0) is 9.53 Å². The van der Waals surface area contributed by atoms with E-state index in [9.17, 15) is 4.79 Å². The Hall–Kier alpha value is -0.410. The van der Waals surface area contributed by atoms with E-state index in [4.69, 9.17) is 4.74 Å². The Labute approximate surface area is 91.8 Å². The zero-order valence-electron chi connectivity index (χ0n) is 9.36. The molecule has 2 aliphatic heterocycles. The molecule has 0 aromatic heterocycles. The fourth-order valence-corrected chi connectivity index (χ4v) is 2.61. The smallest absolute Gasteiger partial charge is 0.137 e. The summed E-state index contributed by atoms with van der Waals surface area (Å²) >= 11 is 0. The summed E-state index contributed by atoms with van der Waals surface area (Å²) in [6.07, 6.45) is 8.61. The highest BCUT2D eigenvalue weighted by molar-refractivity contribution is 5.57. The third-order valence-corrected chi connectivity index (χ3v) is 3.53. The Morgan fingerprint density at radius 2 is 2.07 bits per heavy atom. The fraction of sp³-hybridized carbons (Fsp3) is 0.917. The lowest BCUT2D eigenvalue weighted by Gasteiger charge is -2.35. The van der Waals surface area contributed by atoms with Gasteiger partial charge in [-0.2, -0.15) is 0 Å². The Morgan fingerprint density at radius 3 is 2.80 bits per heavy atom. The molecular formula is C12H21NO2. The molecule has 2 atom stereocenters. The van der Waals surface area contributed by atoms with E-state index in [-0.39, 0.29) is 6.04 Å². The summed E-state index contributed by atoms with van der Waals surface area (Å²) in [5.74, 6) is 0. The lowest BCUT2D eigenvalue weighted by Crippen LogP contribution is -2.45. The summed E-state index contributed by atoms with van der Waals surface area (Å²) in [7, 11) is 0. The first-order valence-corrected chi connectivity index (χ1v) is 6.21. The molecular weight excluding hydrogens is 190 g/mol. The van der Waals surface area contributed by atoms with Crippen molar-refractivity contribution in [2.45, 2.75) is 50.7 Å². The highest BCUT2D eigenvalue weighted by Gasteiger charge is 2.25. The van der Waals surface area contributed by atoms with Crippen LogP contribution >= 0.6 is 0 Å². The van der Waals surface area contributed by atoms with Gasteiger partial charge in [-0.15, -0.1) is 0 Å². The Bertz CT molecular complexity index is 202. The molecule has 0 aromatic rings. The normalized spacial score (nSPS) is 33.9. The number of carbonyl (C=O) groups excluding carboxylic acids is 1. The van der Waals surface area contributed by atoms with Crippen molar-refractivity contribution in [1.82, 2.24) is 4.90 Å². The van der Waals surface area contributed by atoms with Crippen LogP contribution in [0.3, 0.4) is 0 Å². The van der Waals surface area contributed by atoms with Gasteiger partial charge < -0.3 is 9.53 Å². The van der Waals surface area contributed by atoms with Crippen molar-refractivity contribution in [3.05, 3.63) is 0 Å². The van der Waals surface area contributed by atoms with E-state index in [0.29, 0.717) is 6.10 Å². The minimum atomic E-state index is 0.157. The highest BCUT2D eigenvalue weighted by Crippen LogP contribution is 2.19. The van der Waals surface area contributed by atoms with Crippen LogP contribution in [-0.4, -0.2) is 43.0 Å². The number of ether oxygens (including phenoxy) is 1. The Balaban J connectivity index is 1.82. The Kier molecular flexibility index (Phi) is 4.15. The molecule has 0 aromatic carbocycles. The minimum absolute atomic E-state index is 0.157. The average molecular weight is 211 g/mol. The van der Waals surface area contributed by atoms with Crippen molar-refractivity contribution in [2.24, 2.45) is 0 Å². The zero-order chi connectivity index (χ0) is 10.5. The molecule has 0 aliphatic carbocycles.